The van der Waals surface area contributed by atoms with Gasteiger partial charge in [0.1, 0.15) is 11.0 Å². The summed E-state index contributed by atoms with van der Waals surface area (Å²) in [6.45, 7) is 1.28. The Morgan fingerprint density at radius 1 is 1.27 bits per heavy atom. The van der Waals surface area contributed by atoms with Crippen molar-refractivity contribution in [3.8, 4) is 0 Å². The number of nitrogens with two attached hydrogens (primary N) is 1. The molecule has 1 aromatic carbocycles. The maximum Gasteiger partial charge on any atom is 0.224 e. The maximum absolute atomic E-state index is 12.5. The Morgan fingerprint density at radius 3 is 2.64 bits per heavy atom. The third-order valence-corrected chi connectivity index (χ3v) is 4.53. The lowest BCUT2D eigenvalue weighted by Crippen LogP contribution is -2.37. The molecule has 22 heavy (non-hydrogen) atoms. The van der Waals surface area contributed by atoms with Crippen LogP contribution in [0.5, 0.6) is 0 Å². The molecule has 1 amide bonds. The van der Waals surface area contributed by atoms with Crippen molar-refractivity contribution in [1.82, 2.24) is 15.5 Å². The molecule has 2 aromatic rings. The smallest absolute Gasteiger partial charge is 0.224 e. The number of carbonyl (C=O) groups is 1. The third kappa shape index (κ3) is 3.42. The predicted octanol–water partition coefficient (Wildman–Crippen LogP) is 1.75. The van der Waals surface area contributed by atoms with E-state index in [1.54, 1.807) is 0 Å². The minimum Gasteiger partial charge on any atom is -0.381 e. The number of aromatic nitrogens is 2. The molecule has 116 valence electrons. The summed E-state index contributed by atoms with van der Waals surface area (Å²) in [5.41, 5.74) is 6.66. The van der Waals surface area contributed by atoms with Gasteiger partial charge in [-0.05, 0) is 18.4 Å². The zero-order valence-corrected chi connectivity index (χ0v) is 12.9. The predicted molar refractivity (Wildman–Crippen MR) is 84.3 cm³/mol. The van der Waals surface area contributed by atoms with E-state index in [0.29, 0.717) is 23.4 Å². The van der Waals surface area contributed by atoms with Crippen LogP contribution in [0.3, 0.4) is 0 Å². The summed E-state index contributed by atoms with van der Waals surface area (Å²) < 4.78 is 5.31. The molecule has 0 saturated carbocycles. The number of nitrogen functional groups attached to an aromatic ring is 1. The molecular formula is C15H18N4O2S. The van der Waals surface area contributed by atoms with Gasteiger partial charge in [-0.3, -0.25) is 4.79 Å². The van der Waals surface area contributed by atoms with Crippen molar-refractivity contribution < 1.29 is 9.53 Å². The molecule has 0 radical (unpaired) electrons. The van der Waals surface area contributed by atoms with Crippen molar-refractivity contribution >= 4 is 22.4 Å². The van der Waals surface area contributed by atoms with E-state index in [9.17, 15) is 4.79 Å². The molecule has 0 bridgehead atoms. The van der Waals surface area contributed by atoms with Crippen LogP contribution in [0.25, 0.3) is 0 Å². The monoisotopic (exact) mass is 318 g/mol. The largest absolute Gasteiger partial charge is 0.381 e. The van der Waals surface area contributed by atoms with Crippen LogP contribution in [0.2, 0.25) is 0 Å². The molecule has 3 rings (SSSR count). The first-order valence-electron chi connectivity index (χ1n) is 7.26. The summed E-state index contributed by atoms with van der Waals surface area (Å²) in [4.78, 5) is 12.5. The van der Waals surface area contributed by atoms with Crippen LogP contribution in [-0.2, 0) is 9.53 Å². The molecule has 1 atom stereocenters. The zero-order chi connectivity index (χ0) is 15.4. The number of nitrogens with one attached hydrogen (secondary N) is 1. The van der Waals surface area contributed by atoms with E-state index in [0.717, 1.165) is 18.4 Å². The Labute approximate surface area is 132 Å². The SMILES string of the molecule is Nc1nnc([C@H](NC(=O)C2CCOCC2)c2ccccc2)s1. The lowest BCUT2D eigenvalue weighted by Gasteiger charge is -2.24. The molecule has 6 nitrogen and oxygen atoms in total. The Hall–Kier alpha value is -1.99. The van der Waals surface area contributed by atoms with Crippen molar-refractivity contribution in [2.24, 2.45) is 5.92 Å². The van der Waals surface area contributed by atoms with Crippen LogP contribution in [0, 0.1) is 5.92 Å². The minimum absolute atomic E-state index is 0.00905. The van der Waals surface area contributed by atoms with Gasteiger partial charge in [-0.1, -0.05) is 41.7 Å². The highest BCUT2D eigenvalue weighted by Gasteiger charge is 2.26. The number of hydrogen-bond donors (Lipinski definition) is 2. The van der Waals surface area contributed by atoms with Crippen molar-refractivity contribution in [1.29, 1.82) is 0 Å². The minimum atomic E-state index is -0.314. The van der Waals surface area contributed by atoms with Crippen molar-refractivity contribution in [3.05, 3.63) is 40.9 Å². The highest BCUT2D eigenvalue weighted by atomic mass is 32.1. The Morgan fingerprint density at radius 2 is 2.00 bits per heavy atom. The van der Waals surface area contributed by atoms with Gasteiger partial charge in [-0.2, -0.15) is 0 Å². The lowest BCUT2D eigenvalue weighted by molar-refractivity contribution is -0.128. The molecular weight excluding hydrogens is 300 g/mol. The van der Waals surface area contributed by atoms with E-state index in [-0.39, 0.29) is 17.9 Å². The quantitative estimate of drug-likeness (QED) is 0.896. The van der Waals surface area contributed by atoms with Crippen LogP contribution in [0.1, 0.15) is 29.5 Å². The van der Waals surface area contributed by atoms with Crippen LogP contribution < -0.4 is 11.1 Å². The van der Waals surface area contributed by atoms with Gasteiger partial charge in [0.15, 0.2) is 0 Å². The first-order chi connectivity index (χ1) is 10.7. The zero-order valence-electron chi connectivity index (χ0n) is 12.1. The van der Waals surface area contributed by atoms with Gasteiger partial charge < -0.3 is 15.8 Å². The van der Waals surface area contributed by atoms with Gasteiger partial charge in [-0.15, -0.1) is 10.2 Å². The molecule has 2 heterocycles. The van der Waals surface area contributed by atoms with E-state index >= 15 is 0 Å². The first-order valence-corrected chi connectivity index (χ1v) is 8.07. The lowest BCUT2D eigenvalue weighted by atomic mass is 9.98. The van der Waals surface area contributed by atoms with E-state index in [1.807, 2.05) is 30.3 Å². The van der Waals surface area contributed by atoms with Crippen LogP contribution in [0.15, 0.2) is 30.3 Å². The van der Waals surface area contributed by atoms with Crippen LogP contribution in [-0.4, -0.2) is 29.3 Å². The Kier molecular flexibility index (Phi) is 4.65. The number of ether oxygens (including phenoxy) is 1. The van der Waals surface area contributed by atoms with Crippen LogP contribution >= 0.6 is 11.3 Å². The second kappa shape index (κ2) is 6.85. The summed E-state index contributed by atoms with van der Waals surface area (Å²) >= 11 is 1.30. The molecule has 3 N–H and O–H groups in total. The number of hydrogen-bond acceptors (Lipinski definition) is 6. The molecule has 0 unspecified atom stereocenters. The number of benzene rings is 1. The van der Waals surface area contributed by atoms with Gasteiger partial charge in [0, 0.05) is 19.1 Å². The van der Waals surface area contributed by atoms with Crippen LogP contribution in [0.4, 0.5) is 5.13 Å². The fraction of sp³-hybridized carbons (Fsp3) is 0.400. The normalized spacial score (nSPS) is 17.1. The first kappa shape index (κ1) is 14.9. The number of carbonyl (C=O) groups excluding carboxylic acids is 1. The van der Waals surface area contributed by atoms with Crippen molar-refractivity contribution in [2.75, 3.05) is 18.9 Å². The summed E-state index contributed by atoms with van der Waals surface area (Å²) in [6.07, 6.45) is 1.51. The molecule has 1 aliphatic rings. The fourth-order valence-electron chi connectivity index (χ4n) is 2.52. The summed E-state index contributed by atoms with van der Waals surface area (Å²) in [5, 5.41) is 12.1. The van der Waals surface area contributed by atoms with Gasteiger partial charge in [0.05, 0.1) is 0 Å². The van der Waals surface area contributed by atoms with E-state index in [2.05, 4.69) is 15.5 Å². The molecule has 1 fully saturated rings. The molecule has 0 spiro atoms. The molecule has 1 aliphatic heterocycles. The highest BCUT2D eigenvalue weighted by Crippen LogP contribution is 2.27. The number of nitrogens with zero attached hydrogens (tertiary/aromatic N) is 2. The van der Waals surface area contributed by atoms with E-state index in [1.165, 1.54) is 11.3 Å². The molecule has 0 aliphatic carbocycles. The number of amides is 1. The van der Waals surface area contributed by atoms with Gasteiger partial charge in [-0.25, -0.2) is 0 Å². The highest BCUT2D eigenvalue weighted by molar-refractivity contribution is 7.15. The maximum atomic E-state index is 12.5. The molecule has 7 heteroatoms. The van der Waals surface area contributed by atoms with Gasteiger partial charge in [0.2, 0.25) is 11.0 Å². The molecule has 1 aromatic heterocycles. The average Bonchev–Trinajstić information content (AvgIpc) is 3.00. The third-order valence-electron chi connectivity index (χ3n) is 3.71. The Bertz CT molecular complexity index is 625. The summed E-state index contributed by atoms with van der Waals surface area (Å²) in [6, 6.07) is 9.43. The number of anilines is 1. The van der Waals surface area contributed by atoms with Gasteiger partial charge in [0.25, 0.3) is 0 Å². The van der Waals surface area contributed by atoms with E-state index < -0.39 is 0 Å². The summed E-state index contributed by atoms with van der Waals surface area (Å²) in [5.74, 6) is 0.0242. The molecule has 1 saturated heterocycles. The topological polar surface area (TPSA) is 90.1 Å². The van der Waals surface area contributed by atoms with Gasteiger partial charge >= 0.3 is 0 Å². The standard InChI is InChI=1S/C15H18N4O2S/c16-15-19-18-14(22-15)12(10-4-2-1-3-5-10)17-13(20)11-6-8-21-9-7-11/h1-5,11-12H,6-9H2,(H2,16,19)(H,17,20)/t12-/m1/s1. The average molecular weight is 318 g/mol. The summed E-state index contributed by atoms with van der Waals surface area (Å²) in [7, 11) is 0. The second-order valence-corrected chi connectivity index (χ2v) is 6.26. The van der Waals surface area contributed by atoms with E-state index in [4.69, 9.17) is 10.5 Å². The number of rotatable bonds is 4. The fourth-order valence-corrected chi connectivity index (χ4v) is 3.21. The Balaban J connectivity index is 1.81. The second-order valence-electron chi connectivity index (χ2n) is 5.22. The van der Waals surface area contributed by atoms with Crippen molar-refractivity contribution in [3.63, 3.8) is 0 Å². The van der Waals surface area contributed by atoms with Crippen molar-refractivity contribution in [2.45, 2.75) is 18.9 Å².